The molecule has 0 unspecified atom stereocenters. The Morgan fingerprint density at radius 2 is 1.93 bits per heavy atom. The van der Waals surface area contributed by atoms with Gasteiger partial charge in [-0.2, -0.15) is 0 Å². The molecule has 1 saturated carbocycles. The van der Waals surface area contributed by atoms with Crippen LogP contribution in [0.5, 0.6) is 0 Å². The maximum absolute atomic E-state index is 11.5. The molecule has 88 valence electrons. The molecule has 1 aliphatic carbocycles. The third-order valence-corrected chi connectivity index (χ3v) is 3.87. The molecule has 0 N–H and O–H groups in total. The van der Waals surface area contributed by atoms with E-state index >= 15 is 0 Å². The van der Waals surface area contributed by atoms with Crippen LogP contribution >= 0.6 is 0 Å². The first-order chi connectivity index (χ1) is 6.71. The van der Waals surface area contributed by atoms with Gasteiger partial charge in [0.1, 0.15) is 5.78 Å². The molecule has 1 fully saturated rings. The summed E-state index contributed by atoms with van der Waals surface area (Å²) in [4.78, 5) is 11.5. The molecule has 1 atom stereocenters. The highest BCUT2D eigenvalue weighted by atomic mass is 16.1. The van der Waals surface area contributed by atoms with Crippen molar-refractivity contribution in [1.82, 2.24) is 0 Å². The lowest BCUT2D eigenvalue weighted by Crippen LogP contribution is -2.32. The van der Waals surface area contributed by atoms with E-state index in [4.69, 9.17) is 0 Å². The maximum Gasteiger partial charge on any atom is 0.133 e. The fraction of sp³-hybridized carbons (Fsp3) is 0.929. The average Bonchev–Trinajstić information content (AvgIpc) is 2.05. The Morgan fingerprint density at radius 1 is 1.33 bits per heavy atom. The van der Waals surface area contributed by atoms with Crippen LogP contribution in [0.4, 0.5) is 0 Å². The van der Waals surface area contributed by atoms with E-state index in [1.807, 2.05) is 0 Å². The molecule has 0 aromatic carbocycles. The van der Waals surface area contributed by atoms with Gasteiger partial charge in [0, 0.05) is 12.8 Å². The largest absolute Gasteiger partial charge is 0.300 e. The fourth-order valence-electron chi connectivity index (χ4n) is 2.42. The summed E-state index contributed by atoms with van der Waals surface area (Å²) in [5, 5.41) is 0. The number of hydrogen-bond donors (Lipinski definition) is 0. The number of Topliss-reactive ketones (excluding diaryl/α,β-unsaturated/α-hetero) is 1. The van der Waals surface area contributed by atoms with Gasteiger partial charge in [-0.1, -0.05) is 34.6 Å². The number of carbonyl (C=O) groups is 1. The van der Waals surface area contributed by atoms with Gasteiger partial charge in [0.15, 0.2) is 0 Å². The second-order valence-electron chi connectivity index (χ2n) is 7.03. The molecule has 0 radical (unpaired) electrons. The Hall–Kier alpha value is -0.330. The molecule has 0 aromatic rings. The Morgan fingerprint density at radius 3 is 2.47 bits per heavy atom. The summed E-state index contributed by atoms with van der Waals surface area (Å²) in [6.45, 7) is 11.5. The van der Waals surface area contributed by atoms with E-state index in [-0.39, 0.29) is 0 Å². The lowest BCUT2D eigenvalue weighted by atomic mass is 9.65. The van der Waals surface area contributed by atoms with Gasteiger partial charge in [-0.05, 0) is 36.0 Å². The van der Waals surface area contributed by atoms with Gasteiger partial charge < -0.3 is 0 Å². The first-order valence-corrected chi connectivity index (χ1v) is 6.22. The van der Waals surface area contributed by atoms with Crippen LogP contribution in [-0.4, -0.2) is 5.78 Å². The molecule has 1 nitrogen and oxygen atoms in total. The minimum Gasteiger partial charge on any atom is -0.300 e. The molecule has 0 bridgehead atoms. The van der Waals surface area contributed by atoms with Crippen molar-refractivity contribution in [1.29, 1.82) is 0 Å². The highest BCUT2D eigenvalue weighted by Gasteiger charge is 2.35. The first kappa shape index (κ1) is 12.7. The quantitative estimate of drug-likeness (QED) is 0.667. The lowest BCUT2D eigenvalue weighted by molar-refractivity contribution is -0.124. The van der Waals surface area contributed by atoms with Crippen LogP contribution in [0.2, 0.25) is 0 Å². The van der Waals surface area contributed by atoms with Crippen LogP contribution in [-0.2, 0) is 4.79 Å². The monoisotopic (exact) mass is 210 g/mol. The van der Waals surface area contributed by atoms with Crippen molar-refractivity contribution in [2.75, 3.05) is 0 Å². The van der Waals surface area contributed by atoms with Crippen molar-refractivity contribution in [2.45, 2.75) is 66.7 Å². The Kier molecular flexibility index (Phi) is 3.63. The number of ketones is 1. The van der Waals surface area contributed by atoms with Gasteiger partial charge >= 0.3 is 0 Å². The summed E-state index contributed by atoms with van der Waals surface area (Å²) < 4.78 is 0. The van der Waals surface area contributed by atoms with E-state index in [0.717, 1.165) is 19.3 Å². The Balaban J connectivity index is 2.54. The zero-order chi connectivity index (χ0) is 11.7. The third-order valence-electron chi connectivity index (χ3n) is 3.87. The molecule has 15 heavy (non-hydrogen) atoms. The molecule has 0 aliphatic heterocycles. The number of hydrogen-bond acceptors (Lipinski definition) is 1. The van der Waals surface area contributed by atoms with E-state index in [1.165, 1.54) is 12.8 Å². The SMILES string of the molecule is CC(C)(C)CC[C@@H]1CC(=O)CCC1(C)C. The predicted molar refractivity (Wildman–Crippen MR) is 64.8 cm³/mol. The van der Waals surface area contributed by atoms with Crippen LogP contribution in [0.3, 0.4) is 0 Å². The van der Waals surface area contributed by atoms with Crippen molar-refractivity contribution in [3.05, 3.63) is 0 Å². The van der Waals surface area contributed by atoms with Gasteiger partial charge in [0.2, 0.25) is 0 Å². The highest BCUT2D eigenvalue weighted by Crippen LogP contribution is 2.43. The minimum atomic E-state index is 0.374. The standard InChI is InChI=1S/C14H26O/c1-13(2,3)8-6-11-10-12(15)7-9-14(11,4)5/h11H,6-10H2,1-5H3/t11-/m1/s1. The van der Waals surface area contributed by atoms with Crippen molar-refractivity contribution in [3.8, 4) is 0 Å². The highest BCUT2D eigenvalue weighted by molar-refractivity contribution is 5.79. The smallest absolute Gasteiger partial charge is 0.133 e. The molecule has 1 aliphatic rings. The zero-order valence-electron chi connectivity index (χ0n) is 11.0. The Labute approximate surface area is 94.6 Å². The summed E-state index contributed by atoms with van der Waals surface area (Å²) >= 11 is 0. The van der Waals surface area contributed by atoms with Crippen LogP contribution in [0, 0.1) is 16.7 Å². The third kappa shape index (κ3) is 3.96. The number of carbonyl (C=O) groups excluding carboxylic acids is 1. The fourth-order valence-corrected chi connectivity index (χ4v) is 2.42. The van der Waals surface area contributed by atoms with E-state index in [1.54, 1.807) is 0 Å². The van der Waals surface area contributed by atoms with Gasteiger partial charge in [-0.15, -0.1) is 0 Å². The van der Waals surface area contributed by atoms with E-state index in [2.05, 4.69) is 34.6 Å². The molecular weight excluding hydrogens is 184 g/mol. The molecule has 0 saturated heterocycles. The number of rotatable bonds is 2. The Bertz CT molecular complexity index is 232. The van der Waals surface area contributed by atoms with Crippen LogP contribution in [0.1, 0.15) is 66.7 Å². The summed E-state index contributed by atoms with van der Waals surface area (Å²) in [7, 11) is 0. The van der Waals surface area contributed by atoms with Crippen molar-refractivity contribution in [3.63, 3.8) is 0 Å². The minimum absolute atomic E-state index is 0.374. The summed E-state index contributed by atoms with van der Waals surface area (Å²) in [5.74, 6) is 1.09. The van der Waals surface area contributed by atoms with Gasteiger partial charge in [0.25, 0.3) is 0 Å². The van der Waals surface area contributed by atoms with Crippen molar-refractivity contribution >= 4 is 5.78 Å². The van der Waals surface area contributed by atoms with Gasteiger partial charge in [-0.3, -0.25) is 4.79 Å². The van der Waals surface area contributed by atoms with Gasteiger partial charge in [0.05, 0.1) is 0 Å². The summed E-state index contributed by atoms with van der Waals surface area (Å²) in [6.07, 6.45) is 5.15. The second kappa shape index (κ2) is 4.27. The zero-order valence-corrected chi connectivity index (χ0v) is 11.0. The van der Waals surface area contributed by atoms with Crippen LogP contribution < -0.4 is 0 Å². The van der Waals surface area contributed by atoms with E-state index in [9.17, 15) is 4.79 Å². The molecule has 0 aromatic heterocycles. The average molecular weight is 210 g/mol. The van der Waals surface area contributed by atoms with Crippen LogP contribution in [0.25, 0.3) is 0 Å². The first-order valence-electron chi connectivity index (χ1n) is 6.22. The topological polar surface area (TPSA) is 17.1 Å². The van der Waals surface area contributed by atoms with Crippen molar-refractivity contribution < 1.29 is 4.79 Å². The molecule has 0 spiro atoms. The van der Waals surface area contributed by atoms with Gasteiger partial charge in [-0.25, -0.2) is 0 Å². The molecule has 0 amide bonds. The van der Waals surface area contributed by atoms with Crippen molar-refractivity contribution in [2.24, 2.45) is 16.7 Å². The molecule has 1 rings (SSSR count). The maximum atomic E-state index is 11.5. The normalized spacial score (nSPS) is 26.7. The van der Waals surface area contributed by atoms with E-state index < -0.39 is 0 Å². The molecule has 1 heteroatoms. The van der Waals surface area contributed by atoms with E-state index in [0.29, 0.717) is 22.5 Å². The van der Waals surface area contributed by atoms with Crippen LogP contribution in [0.15, 0.2) is 0 Å². The lowest BCUT2D eigenvalue weighted by Gasteiger charge is -2.39. The molecular formula is C14H26O. The molecule has 0 heterocycles. The summed E-state index contributed by atoms with van der Waals surface area (Å²) in [5.41, 5.74) is 0.774. The predicted octanol–water partition coefficient (Wildman–Crippen LogP) is 4.21. The second-order valence-corrected chi connectivity index (χ2v) is 7.03. The summed E-state index contributed by atoms with van der Waals surface area (Å²) in [6, 6.07) is 0.